The summed E-state index contributed by atoms with van der Waals surface area (Å²) in [6, 6.07) is 8.92. The second kappa shape index (κ2) is 6.91. The van der Waals surface area contributed by atoms with Crippen LogP contribution in [0.25, 0.3) is 0 Å². The maximum Gasteiger partial charge on any atom is 0.304 e. The fraction of sp³-hybridized carbons (Fsp3) is 0.524. The van der Waals surface area contributed by atoms with E-state index in [1.807, 2.05) is 6.07 Å². The summed E-state index contributed by atoms with van der Waals surface area (Å²) in [5, 5.41) is 0. The van der Waals surface area contributed by atoms with Gasteiger partial charge in [0, 0.05) is 20.3 Å². The monoisotopic (exact) mass is 374 g/mol. The lowest BCUT2D eigenvalue weighted by atomic mass is 9.54. The van der Waals surface area contributed by atoms with Crippen molar-refractivity contribution in [3.05, 3.63) is 35.9 Å². The van der Waals surface area contributed by atoms with E-state index < -0.39 is 46.0 Å². The highest BCUT2D eigenvalue weighted by Gasteiger charge is 2.68. The lowest BCUT2D eigenvalue weighted by molar-refractivity contribution is -0.203. The van der Waals surface area contributed by atoms with Crippen LogP contribution in [0, 0.1) is 10.8 Å². The Hall–Kier alpha value is -2.50. The maximum absolute atomic E-state index is 13.5. The topological polar surface area (TPSA) is 86.7 Å². The highest BCUT2D eigenvalue weighted by molar-refractivity contribution is 6.18. The Kier molecular flexibility index (Phi) is 5.32. The van der Waals surface area contributed by atoms with Crippen molar-refractivity contribution in [2.75, 3.05) is 0 Å². The SMILES string of the molecule is CC(=O)OC1C(C)(C)C(=O)C(Cc2ccccc2)(OC(C)=O)C(=O)C1(C)C. The van der Waals surface area contributed by atoms with E-state index in [4.69, 9.17) is 9.47 Å². The minimum atomic E-state index is -1.96. The number of hydrogen-bond acceptors (Lipinski definition) is 6. The molecule has 0 bridgehead atoms. The van der Waals surface area contributed by atoms with Gasteiger partial charge < -0.3 is 9.47 Å². The van der Waals surface area contributed by atoms with Gasteiger partial charge in [0.2, 0.25) is 5.60 Å². The number of carbonyl (C=O) groups excluding carboxylic acids is 4. The van der Waals surface area contributed by atoms with Crippen molar-refractivity contribution in [3.63, 3.8) is 0 Å². The molecule has 0 aliphatic heterocycles. The number of hydrogen-bond donors (Lipinski definition) is 0. The number of rotatable bonds is 4. The van der Waals surface area contributed by atoms with Gasteiger partial charge in [-0.15, -0.1) is 0 Å². The molecule has 6 nitrogen and oxygen atoms in total. The zero-order valence-electron chi connectivity index (χ0n) is 16.6. The van der Waals surface area contributed by atoms with E-state index in [-0.39, 0.29) is 6.42 Å². The zero-order valence-corrected chi connectivity index (χ0v) is 16.6. The molecule has 1 fully saturated rings. The molecule has 0 aromatic heterocycles. The van der Waals surface area contributed by atoms with Crippen LogP contribution in [0.4, 0.5) is 0 Å². The van der Waals surface area contributed by atoms with Crippen LogP contribution < -0.4 is 0 Å². The van der Waals surface area contributed by atoms with Crippen molar-refractivity contribution >= 4 is 23.5 Å². The molecule has 0 amide bonds. The van der Waals surface area contributed by atoms with Crippen LogP contribution >= 0.6 is 0 Å². The van der Waals surface area contributed by atoms with Gasteiger partial charge in [0.25, 0.3) is 0 Å². The molecular weight excluding hydrogens is 348 g/mol. The zero-order chi connectivity index (χ0) is 20.6. The van der Waals surface area contributed by atoms with Crippen LogP contribution in [-0.2, 0) is 35.1 Å². The van der Waals surface area contributed by atoms with Crippen LogP contribution in [0.2, 0.25) is 0 Å². The van der Waals surface area contributed by atoms with Gasteiger partial charge in [0.05, 0.1) is 10.8 Å². The first-order valence-corrected chi connectivity index (χ1v) is 8.86. The van der Waals surface area contributed by atoms with Crippen LogP contribution in [0.1, 0.15) is 47.1 Å². The number of carbonyl (C=O) groups is 4. The minimum Gasteiger partial charge on any atom is -0.460 e. The fourth-order valence-corrected chi connectivity index (χ4v) is 4.16. The second-order valence-corrected chi connectivity index (χ2v) is 8.17. The first-order chi connectivity index (χ1) is 12.4. The van der Waals surface area contributed by atoms with Crippen LogP contribution in [0.15, 0.2) is 30.3 Å². The molecule has 0 atom stereocenters. The van der Waals surface area contributed by atoms with Crippen molar-refractivity contribution in [3.8, 4) is 0 Å². The molecule has 0 saturated heterocycles. The Balaban J connectivity index is 2.65. The standard InChI is InChI=1S/C21H26O6/c1-13(22)26-18-19(3,4)16(24)21(27-14(2)23,17(25)20(18,5)6)12-15-10-8-7-9-11-15/h7-11,18H,12H2,1-6H3. The summed E-state index contributed by atoms with van der Waals surface area (Å²) in [6.45, 7) is 8.85. The summed E-state index contributed by atoms with van der Waals surface area (Å²) >= 11 is 0. The molecule has 0 unspecified atom stereocenters. The van der Waals surface area contributed by atoms with E-state index in [0.717, 1.165) is 0 Å². The average Bonchev–Trinajstić information content (AvgIpc) is 2.56. The summed E-state index contributed by atoms with van der Waals surface area (Å²) in [5.74, 6) is -2.43. The number of ether oxygens (including phenoxy) is 2. The Labute approximate surface area is 159 Å². The van der Waals surface area contributed by atoms with Crippen molar-refractivity contribution in [1.82, 2.24) is 0 Å². The predicted octanol–water partition coefficient (Wildman–Crippen LogP) is 2.67. The van der Waals surface area contributed by atoms with Gasteiger partial charge in [0.15, 0.2) is 11.6 Å². The summed E-state index contributed by atoms with van der Waals surface area (Å²) in [4.78, 5) is 50.5. The molecule has 0 radical (unpaired) electrons. The Bertz CT molecular complexity index is 747. The fourth-order valence-electron chi connectivity index (χ4n) is 4.16. The molecular formula is C21H26O6. The molecule has 2 rings (SSSR count). The normalized spacial score (nSPS) is 26.4. The molecule has 27 heavy (non-hydrogen) atoms. The van der Waals surface area contributed by atoms with Gasteiger partial charge in [-0.2, -0.15) is 0 Å². The third-order valence-electron chi connectivity index (χ3n) is 5.11. The van der Waals surface area contributed by atoms with E-state index in [2.05, 4.69) is 0 Å². The summed E-state index contributed by atoms with van der Waals surface area (Å²) < 4.78 is 10.8. The summed E-state index contributed by atoms with van der Waals surface area (Å²) in [6.07, 6.45) is -1.04. The molecule has 1 aliphatic rings. The summed E-state index contributed by atoms with van der Waals surface area (Å²) in [5.41, 5.74) is -3.73. The first kappa shape index (κ1) is 20.8. The predicted molar refractivity (Wildman–Crippen MR) is 97.8 cm³/mol. The lowest BCUT2D eigenvalue weighted by Gasteiger charge is -2.52. The smallest absolute Gasteiger partial charge is 0.304 e. The number of esters is 2. The Morgan fingerprint density at radius 1 is 0.889 bits per heavy atom. The third kappa shape index (κ3) is 3.53. The molecule has 0 heterocycles. The largest absolute Gasteiger partial charge is 0.460 e. The number of benzene rings is 1. The van der Waals surface area contributed by atoms with Gasteiger partial charge >= 0.3 is 11.9 Å². The quantitative estimate of drug-likeness (QED) is 0.595. The van der Waals surface area contributed by atoms with Gasteiger partial charge in [-0.25, -0.2) is 0 Å². The highest BCUT2D eigenvalue weighted by Crippen LogP contribution is 2.49. The second-order valence-electron chi connectivity index (χ2n) is 8.17. The lowest BCUT2D eigenvalue weighted by Crippen LogP contribution is -2.71. The molecule has 0 N–H and O–H groups in total. The van der Waals surface area contributed by atoms with Crippen LogP contribution in [0.5, 0.6) is 0 Å². The third-order valence-corrected chi connectivity index (χ3v) is 5.11. The Morgan fingerprint density at radius 3 is 1.78 bits per heavy atom. The van der Waals surface area contributed by atoms with Crippen molar-refractivity contribution < 1.29 is 28.7 Å². The van der Waals surface area contributed by atoms with Crippen molar-refractivity contribution in [2.45, 2.75) is 59.7 Å². The number of Topliss-reactive ketones (excluding diaryl/α,β-unsaturated/α-hetero) is 2. The molecule has 1 aromatic carbocycles. The maximum atomic E-state index is 13.5. The molecule has 1 aromatic rings. The highest BCUT2D eigenvalue weighted by atomic mass is 16.6. The average molecular weight is 374 g/mol. The van der Waals surface area contributed by atoms with E-state index in [1.54, 1.807) is 52.0 Å². The van der Waals surface area contributed by atoms with E-state index >= 15 is 0 Å². The van der Waals surface area contributed by atoms with Crippen molar-refractivity contribution in [2.24, 2.45) is 10.8 Å². The first-order valence-electron chi connectivity index (χ1n) is 8.86. The molecule has 146 valence electrons. The molecule has 1 saturated carbocycles. The van der Waals surface area contributed by atoms with Crippen LogP contribution in [-0.4, -0.2) is 35.2 Å². The molecule has 1 aliphatic carbocycles. The van der Waals surface area contributed by atoms with Gasteiger partial charge in [-0.05, 0) is 33.3 Å². The minimum absolute atomic E-state index is 0.0647. The van der Waals surface area contributed by atoms with Gasteiger partial charge in [-0.1, -0.05) is 30.3 Å². The van der Waals surface area contributed by atoms with Crippen LogP contribution in [0.3, 0.4) is 0 Å². The van der Waals surface area contributed by atoms with E-state index in [0.29, 0.717) is 5.56 Å². The van der Waals surface area contributed by atoms with E-state index in [1.165, 1.54) is 13.8 Å². The molecule has 0 spiro atoms. The summed E-state index contributed by atoms with van der Waals surface area (Å²) in [7, 11) is 0. The van der Waals surface area contributed by atoms with Gasteiger partial charge in [-0.3, -0.25) is 19.2 Å². The number of ketones is 2. The van der Waals surface area contributed by atoms with Crippen molar-refractivity contribution in [1.29, 1.82) is 0 Å². The van der Waals surface area contributed by atoms with Gasteiger partial charge in [0.1, 0.15) is 6.10 Å². The molecule has 6 heteroatoms. The Morgan fingerprint density at radius 2 is 1.37 bits per heavy atom. The van der Waals surface area contributed by atoms with E-state index in [9.17, 15) is 19.2 Å².